The number of hydrogen-bond donors (Lipinski definition) is 1. The molecule has 0 aliphatic carbocycles. The summed E-state index contributed by atoms with van der Waals surface area (Å²) < 4.78 is 4.63. The largest absolute Gasteiger partial charge is 0.466 e. The van der Waals surface area contributed by atoms with Crippen molar-refractivity contribution in [2.75, 3.05) is 33.4 Å². The first-order valence-electron chi connectivity index (χ1n) is 4.56. The summed E-state index contributed by atoms with van der Waals surface area (Å²) in [7, 11) is 1.71. The van der Waals surface area contributed by atoms with E-state index in [1.165, 1.54) is 0 Å². The predicted octanol–water partition coefficient (Wildman–Crippen LogP) is -0.567. The quantitative estimate of drug-likeness (QED) is 0.443. The fourth-order valence-electron chi connectivity index (χ4n) is 0.980. The second-order valence-electron chi connectivity index (χ2n) is 2.98. The fourth-order valence-corrected chi connectivity index (χ4v) is 0.980. The van der Waals surface area contributed by atoms with Gasteiger partial charge in [-0.3, -0.25) is 14.5 Å². The van der Waals surface area contributed by atoms with Crippen molar-refractivity contribution in [2.24, 2.45) is 0 Å². The van der Waals surface area contributed by atoms with Crippen molar-refractivity contribution >= 4 is 11.8 Å². The van der Waals surface area contributed by atoms with Crippen molar-refractivity contribution in [3.63, 3.8) is 0 Å². The number of ketones is 1. The van der Waals surface area contributed by atoms with Crippen LogP contribution in [-0.2, 0) is 14.3 Å². The van der Waals surface area contributed by atoms with Crippen LogP contribution in [0.4, 0.5) is 0 Å². The van der Waals surface area contributed by atoms with Crippen LogP contribution in [0, 0.1) is 0 Å². The van der Waals surface area contributed by atoms with Gasteiger partial charge in [-0.25, -0.2) is 0 Å². The van der Waals surface area contributed by atoms with Crippen LogP contribution in [0.1, 0.15) is 13.3 Å². The first kappa shape index (κ1) is 13.1. The summed E-state index contributed by atoms with van der Waals surface area (Å²) in [5.74, 6) is -0.686. The zero-order chi connectivity index (χ0) is 11.0. The van der Waals surface area contributed by atoms with Gasteiger partial charge in [0.05, 0.1) is 19.8 Å². The van der Waals surface area contributed by atoms with Gasteiger partial charge in [0.2, 0.25) is 0 Å². The molecule has 14 heavy (non-hydrogen) atoms. The molecule has 0 rings (SSSR count). The van der Waals surface area contributed by atoms with Crippen LogP contribution in [-0.4, -0.2) is 55.1 Å². The lowest BCUT2D eigenvalue weighted by atomic mass is 10.2. The Hall–Kier alpha value is -0.940. The van der Waals surface area contributed by atoms with Gasteiger partial charge in [-0.15, -0.1) is 0 Å². The maximum atomic E-state index is 11.2. The molecule has 0 heterocycles. The lowest BCUT2D eigenvalue weighted by molar-refractivity contribution is -0.145. The van der Waals surface area contributed by atoms with E-state index < -0.39 is 5.97 Å². The molecule has 5 heteroatoms. The number of Topliss-reactive ketones (excluding diaryl/α,β-unsaturated/α-hetero) is 1. The van der Waals surface area contributed by atoms with Gasteiger partial charge in [0.25, 0.3) is 0 Å². The number of ether oxygens (including phenoxy) is 1. The molecule has 0 aromatic rings. The molecule has 5 nitrogen and oxygen atoms in total. The highest BCUT2D eigenvalue weighted by atomic mass is 16.5. The average molecular weight is 203 g/mol. The second-order valence-corrected chi connectivity index (χ2v) is 2.98. The van der Waals surface area contributed by atoms with Crippen molar-refractivity contribution in [3.8, 4) is 0 Å². The highest BCUT2D eigenvalue weighted by Crippen LogP contribution is 1.91. The summed E-state index contributed by atoms with van der Waals surface area (Å²) in [5, 5.41) is 8.57. The Bertz CT molecular complexity index is 193. The van der Waals surface area contributed by atoms with E-state index in [9.17, 15) is 9.59 Å². The van der Waals surface area contributed by atoms with Crippen molar-refractivity contribution in [3.05, 3.63) is 0 Å². The maximum absolute atomic E-state index is 11.2. The Morgan fingerprint density at radius 1 is 1.43 bits per heavy atom. The van der Waals surface area contributed by atoms with Crippen molar-refractivity contribution in [1.82, 2.24) is 4.90 Å². The van der Waals surface area contributed by atoms with Crippen molar-refractivity contribution in [2.45, 2.75) is 13.3 Å². The summed E-state index contributed by atoms with van der Waals surface area (Å²) in [6.45, 7) is 2.58. The molecular weight excluding hydrogens is 186 g/mol. The number of likely N-dealkylation sites (N-methyl/N-ethyl adjacent to an activating group) is 1. The first-order chi connectivity index (χ1) is 6.60. The normalized spacial score (nSPS) is 10.3. The van der Waals surface area contributed by atoms with Gasteiger partial charge in [0, 0.05) is 6.54 Å². The summed E-state index contributed by atoms with van der Waals surface area (Å²) in [5.41, 5.74) is 0. The molecule has 1 N–H and O–H groups in total. The van der Waals surface area contributed by atoms with Gasteiger partial charge >= 0.3 is 5.97 Å². The molecule has 0 fully saturated rings. The summed E-state index contributed by atoms with van der Waals surface area (Å²) in [6, 6.07) is 0. The number of nitrogens with zero attached hydrogens (tertiary/aromatic N) is 1. The molecular formula is C9H17NO4. The molecule has 0 aliphatic heterocycles. The topological polar surface area (TPSA) is 66.8 Å². The van der Waals surface area contributed by atoms with Crippen molar-refractivity contribution < 1.29 is 19.4 Å². The lowest BCUT2D eigenvalue weighted by Gasteiger charge is -2.13. The highest BCUT2D eigenvalue weighted by molar-refractivity contribution is 5.96. The Balaban J connectivity index is 3.69. The van der Waals surface area contributed by atoms with E-state index in [0.29, 0.717) is 13.2 Å². The number of aliphatic hydroxyl groups excluding tert-OH is 1. The van der Waals surface area contributed by atoms with Crippen LogP contribution in [0.5, 0.6) is 0 Å². The number of carbonyl (C=O) groups is 2. The Labute approximate surface area is 83.6 Å². The fraction of sp³-hybridized carbons (Fsp3) is 0.778. The van der Waals surface area contributed by atoms with Gasteiger partial charge in [0.1, 0.15) is 6.42 Å². The van der Waals surface area contributed by atoms with Crippen LogP contribution in [0.2, 0.25) is 0 Å². The van der Waals surface area contributed by atoms with Crippen LogP contribution in [0.3, 0.4) is 0 Å². The smallest absolute Gasteiger partial charge is 0.313 e. The average Bonchev–Trinajstić information content (AvgIpc) is 2.03. The van der Waals surface area contributed by atoms with E-state index in [1.54, 1.807) is 18.9 Å². The minimum atomic E-state index is -0.491. The Morgan fingerprint density at radius 3 is 2.57 bits per heavy atom. The molecule has 82 valence electrons. The molecule has 0 saturated heterocycles. The van der Waals surface area contributed by atoms with Gasteiger partial charge in [-0.1, -0.05) is 0 Å². The minimum Gasteiger partial charge on any atom is -0.466 e. The number of hydrogen-bond acceptors (Lipinski definition) is 5. The first-order valence-corrected chi connectivity index (χ1v) is 4.56. The molecule has 0 aliphatic rings. The highest BCUT2D eigenvalue weighted by Gasteiger charge is 2.11. The second kappa shape index (κ2) is 7.46. The van der Waals surface area contributed by atoms with E-state index in [2.05, 4.69) is 4.74 Å². The van der Waals surface area contributed by atoms with Gasteiger partial charge in [0.15, 0.2) is 5.78 Å². The molecule has 0 atom stereocenters. The molecule has 0 saturated carbocycles. The van der Waals surface area contributed by atoms with Gasteiger partial charge in [-0.2, -0.15) is 0 Å². The van der Waals surface area contributed by atoms with Crippen molar-refractivity contribution in [1.29, 1.82) is 0 Å². The standard InChI is InChI=1S/C9H17NO4/c1-3-14-9(13)6-8(12)7-10(2)4-5-11/h11H,3-7H2,1-2H3. The molecule has 0 radical (unpaired) electrons. The zero-order valence-corrected chi connectivity index (χ0v) is 8.65. The molecule has 0 bridgehead atoms. The third-order valence-corrected chi connectivity index (χ3v) is 1.57. The minimum absolute atomic E-state index is 0.00316. The van der Waals surface area contributed by atoms with Crippen LogP contribution >= 0.6 is 0 Å². The molecule has 0 unspecified atom stereocenters. The van der Waals surface area contributed by atoms with E-state index in [0.717, 1.165) is 0 Å². The van der Waals surface area contributed by atoms with Gasteiger partial charge < -0.3 is 9.84 Å². The van der Waals surface area contributed by atoms with Gasteiger partial charge in [-0.05, 0) is 14.0 Å². The van der Waals surface area contributed by atoms with Crippen LogP contribution in [0.25, 0.3) is 0 Å². The Kier molecular flexibility index (Phi) is 6.96. The molecule has 0 aromatic heterocycles. The van der Waals surface area contributed by atoms with E-state index in [-0.39, 0.29) is 25.4 Å². The molecule has 0 spiro atoms. The summed E-state index contributed by atoms with van der Waals surface area (Å²) >= 11 is 0. The van der Waals surface area contributed by atoms with E-state index in [4.69, 9.17) is 5.11 Å². The summed E-state index contributed by atoms with van der Waals surface area (Å²) in [4.78, 5) is 23.7. The zero-order valence-electron chi connectivity index (χ0n) is 8.65. The van der Waals surface area contributed by atoms with Crippen LogP contribution < -0.4 is 0 Å². The monoisotopic (exact) mass is 203 g/mol. The predicted molar refractivity (Wildman–Crippen MR) is 50.8 cm³/mol. The molecule has 0 aromatic carbocycles. The third-order valence-electron chi connectivity index (χ3n) is 1.57. The number of esters is 1. The SMILES string of the molecule is CCOC(=O)CC(=O)CN(C)CCO. The third kappa shape index (κ3) is 6.56. The lowest BCUT2D eigenvalue weighted by Crippen LogP contribution is -2.29. The Morgan fingerprint density at radius 2 is 2.07 bits per heavy atom. The van der Waals surface area contributed by atoms with Crippen LogP contribution in [0.15, 0.2) is 0 Å². The van der Waals surface area contributed by atoms with E-state index >= 15 is 0 Å². The number of carbonyl (C=O) groups excluding carboxylic acids is 2. The molecule has 0 amide bonds. The van der Waals surface area contributed by atoms with E-state index in [1.807, 2.05) is 0 Å². The maximum Gasteiger partial charge on any atom is 0.313 e. The number of aliphatic hydroxyl groups is 1. The summed E-state index contributed by atoms with van der Waals surface area (Å²) in [6.07, 6.45) is -0.191. The number of rotatable bonds is 7.